The molecule has 0 radical (unpaired) electrons. The summed E-state index contributed by atoms with van der Waals surface area (Å²) in [5, 5.41) is 0.573. The first-order valence-corrected chi connectivity index (χ1v) is 5.01. The molecule has 1 aromatic carbocycles. The highest BCUT2D eigenvalue weighted by molar-refractivity contribution is 7.80. The summed E-state index contributed by atoms with van der Waals surface area (Å²) >= 11 is 9.97. The lowest BCUT2D eigenvalue weighted by molar-refractivity contribution is 0.174. The molecule has 1 aliphatic rings. The van der Waals surface area contributed by atoms with Crippen LogP contribution in [0.3, 0.4) is 0 Å². The summed E-state index contributed by atoms with van der Waals surface area (Å²) in [4.78, 5) is 0. The first kappa shape index (κ1) is 9.57. The van der Waals surface area contributed by atoms with Crippen LogP contribution < -0.4 is 9.47 Å². The van der Waals surface area contributed by atoms with Crippen molar-refractivity contribution in [2.45, 2.75) is 0 Å². The number of ether oxygens (including phenoxy) is 2. The van der Waals surface area contributed by atoms with E-state index in [1.165, 1.54) is 0 Å². The van der Waals surface area contributed by atoms with Crippen molar-refractivity contribution in [1.82, 2.24) is 0 Å². The first-order valence-electron chi connectivity index (χ1n) is 4.00. The highest BCUT2D eigenvalue weighted by Crippen LogP contribution is 2.36. The van der Waals surface area contributed by atoms with Crippen LogP contribution in [-0.4, -0.2) is 12.5 Å². The second-order valence-electron chi connectivity index (χ2n) is 2.65. The third-order valence-corrected chi connectivity index (χ3v) is 2.24. The molecule has 0 saturated carbocycles. The fraction of sp³-hybridized carbons (Fsp3) is 0.200. The molecule has 1 aromatic rings. The monoisotopic (exact) mass is 226 g/mol. The van der Waals surface area contributed by atoms with Crippen molar-refractivity contribution in [3.8, 4) is 23.3 Å². The average molecular weight is 227 g/mol. The van der Waals surface area contributed by atoms with E-state index in [2.05, 4.69) is 24.5 Å². The second-order valence-corrected chi connectivity index (χ2v) is 3.37. The molecule has 0 N–H and O–H groups in total. The lowest BCUT2D eigenvalue weighted by atomic mass is 10.2. The van der Waals surface area contributed by atoms with Gasteiger partial charge in [0.1, 0.15) is 0 Å². The largest absolute Gasteiger partial charge is 0.454 e. The summed E-state index contributed by atoms with van der Waals surface area (Å²) in [6.45, 7) is 0.245. The Hall–Kier alpha value is -0.980. The van der Waals surface area contributed by atoms with Crippen molar-refractivity contribution in [1.29, 1.82) is 0 Å². The van der Waals surface area contributed by atoms with Gasteiger partial charge in [-0.25, -0.2) is 0 Å². The van der Waals surface area contributed by atoms with Crippen molar-refractivity contribution in [3.63, 3.8) is 0 Å². The van der Waals surface area contributed by atoms with E-state index >= 15 is 0 Å². The van der Waals surface area contributed by atoms with Crippen LogP contribution in [-0.2, 0) is 0 Å². The predicted molar refractivity (Wildman–Crippen MR) is 58.3 cm³/mol. The lowest BCUT2D eigenvalue weighted by Crippen LogP contribution is -1.92. The van der Waals surface area contributed by atoms with E-state index in [9.17, 15) is 0 Å². The number of hydrogen-bond acceptors (Lipinski definition) is 3. The number of fused-ring (bicyclic) bond motifs is 1. The van der Waals surface area contributed by atoms with Crippen LogP contribution in [0.5, 0.6) is 11.5 Å². The minimum atomic E-state index is 0.245. The van der Waals surface area contributed by atoms with Crippen LogP contribution in [0.25, 0.3) is 0 Å². The molecule has 0 bridgehead atoms. The lowest BCUT2D eigenvalue weighted by Gasteiger charge is -1.99. The first-order chi connectivity index (χ1) is 6.81. The predicted octanol–water partition coefficient (Wildman–Crippen LogP) is 2.35. The summed E-state index contributed by atoms with van der Waals surface area (Å²) in [5.74, 6) is 7.60. The van der Waals surface area contributed by atoms with Gasteiger partial charge in [0.25, 0.3) is 0 Å². The molecule has 4 heteroatoms. The molecule has 14 heavy (non-hydrogen) atoms. The molecule has 2 rings (SSSR count). The van der Waals surface area contributed by atoms with Gasteiger partial charge in [-0.15, -0.1) is 0 Å². The smallest absolute Gasteiger partial charge is 0.231 e. The SMILES string of the molecule is SCC#Cc1cc2c(cc1Cl)OCO2. The zero-order chi connectivity index (χ0) is 9.97. The maximum Gasteiger partial charge on any atom is 0.231 e. The van der Waals surface area contributed by atoms with Crippen LogP contribution >= 0.6 is 24.2 Å². The fourth-order valence-corrected chi connectivity index (χ4v) is 1.43. The fourth-order valence-electron chi connectivity index (χ4n) is 1.15. The van der Waals surface area contributed by atoms with Crippen LogP contribution in [0.15, 0.2) is 12.1 Å². The summed E-state index contributed by atoms with van der Waals surface area (Å²) in [6, 6.07) is 3.49. The summed E-state index contributed by atoms with van der Waals surface area (Å²) < 4.78 is 10.4. The number of rotatable bonds is 0. The summed E-state index contributed by atoms with van der Waals surface area (Å²) in [7, 11) is 0. The second kappa shape index (κ2) is 4.04. The molecule has 0 fully saturated rings. The van der Waals surface area contributed by atoms with Gasteiger partial charge in [-0.1, -0.05) is 23.4 Å². The van der Waals surface area contributed by atoms with Gasteiger partial charge in [-0.2, -0.15) is 12.6 Å². The van der Waals surface area contributed by atoms with Crippen molar-refractivity contribution in [3.05, 3.63) is 22.7 Å². The topological polar surface area (TPSA) is 18.5 Å². The zero-order valence-corrected chi connectivity index (χ0v) is 8.86. The third kappa shape index (κ3) is 1.77. The molecule has 72 valence electrons. The van der Waals surface area contributed by atoms with Gasteiger partial charge in [0.05, 0.1) is 10.8 Å². The Morgan fingerprint density at radius 2 is 2.07 bits per heavy atom. The molecule has 1 heterocycles. The molecule has 0 unspecified atom stereocenters. The molecular weight excluding hydrogens is 220 g/mol. The Morgan fingerprint density at radius 1 is 1.36 bits per heavy atom. The summed E-state index contributed by atoms with van der Waals surface area (Å²) in [5.41, 5.74) is 0.741. The Bertz CT molecular complexity index is 420. The van der Waals surface area contributed by atoms with Crippen LogP contribution in [0.4, 0.5) is 0 Å². The Labute approximate surface area is 92.6 Å². The van der Waals surface area contributed by atoms with Gasteiger partial charge in [0.2, 0.25) is 6.79 Å². The van der Waals surface area contributed by atoms with Crippen LogP contribution in [0, 0.1) is 11.8 Å². The number of halogens is 1. The van der Waals surface area contributed by atoms with Crippen molar-refractivity contribution in [2.75, 3.05) is 12.5 Å². The van der Waals surface area contributed by atoms with Crippen LogP contribution in [0.2, 0.25) is 5.02 Å². The van der Waals surface area contributed by atoms with E-state index in [1.54, 1.807) is 12.1 Å². The number of benzene rings is 1. The quantitative estimate of drug-likeness (QED) is 0.541. The molecule has 1 aliphatic heterocycles. The maximum absolute atomic E-state index is 5.98. The van der Waals surface area contributed by atoms with E-state index in [0.717, 1.165) is 5.56 Å². The minimum Gasteiger partial charge on any atom is -0.454 e. The molecule has 0 atom stereocenters. The van der Waals surface area contributed by atoms with Gasteiger partial charge in [-0.3, -0.25) is 0 Å². The molecule has 0 aromatic heterocycles. The van der Waals surface area contributed by atoms with E-state index < -0.39 is 0 Å². The van der Waals surface area contributed by atoms with Gasteiger partial charge in [-0.05, 0) is 0 Å². The standard InChI is InChI=1S/C10H7ClO2S/c11-8-5-10-9(12-6-13-10)4-7(8)2-1-3-14/h4-5,14H,3,6H2. The van der Waals surface area contributed by atoms with Crippen molar-refractivity contribution in [2.24, 2.45) is 0 Å². The van der Waals surface area contributed by atoms with Crippen LogP contribution in [0.1, 0.15) is 5.56 Å². The number of thiol groups is 1. The molecule has 0 spiro atoms. The van der Waals surface area contributed by atoms with E-state index in [0.29, 0.717) is 22.3 Å². The van der Waals surface area contributed by atoms with E-state index in [1.807, 2.05) is 0 Å². The van der Waals surface area contributed by atoms with Gasteiger partial charge >= 0.3 is 0 Å². The third-order valence-electron chi connectivity index (χ3n) is 1.76. The van der Waals surface area contributed by atoms with Gasteiger partial charge in [0.15, 0.2) is 11.5 Å². The molecule has 0 saturated heterocycles. The Kier molecular flexibility index (Phi) is 2.76. The average Bonchev–Trinajstić information content (AvgIpc) is 2.61. The zero-order valence-electron chi connectivity index (χ0n) is 7.21. The summed E-state index contributed by atoms with van der Waals surface area (Å²) in [6.07, 6.45) is 0. The Morgan fingerprint density at radius 3 is 2.79 bits per heavy atom. The van der Waals surface area contributed by atoms with Gasteiger partial charge < -0.3 is 9.47 Å². The normalized spacial score (nSPS) is 12.1. The minimum absolute atomic E-state index is 0.245. The van der Waals surface area contributed by atoms with E-state index in [-0.39, 0.29) is 6.79 Å². The molecule has 0 aliphatic carbocycles. The van der Waals surface area contributed by atoms with Gasteiger partial charge in [0, 0.05) is 17.7 Å². The highest BCUT2D eigenvalue weighted by Gasteiger charge is 2.15. The highest BCUT2D eigenvalue weighted by atomic mass is 35.5. The van der Waals surface area contributed by atoms with E-state index in [4.69, 9.17) is 21.1 Å². The molecular formula is C10H7ClO2S. The number of hydrogen-bond donors (Lipinski definition) is 1. The maximum atomic E-state index is 5.98. The van der Waals surface area contributed by atoms with Crippen molar-refractivity contribution < 1.29 is 9.47 Å². The molecule has 0 amide bonds. The van der Waals surface area contributed by atoms with Crippen molar-refractivity contribution >= 4 is 24.2 Å². The molecule has 2 nitrogen and oxygen atoms in total. The Balaban J connectivity index is 2.42.